The van der Waals surface area contributed by atoms with Crippen LogP contribution in [0, 0.1) is 12.7 Å². The Morgan fingerprint density at radius 1 is 1.21 bits per heavy atom. The molecule has 1 unspecified atom stereocenters. The fourth-order valence-electron chi connectivity index (χ4n) is 1.95. The molecule has 2 aromatic carbocycles. The van der Waals surface area contributed by atoms with E-state index >= 15 is 0 Å². The van der Waals surface area contributed by atoms with Crippen LogP contribution in [0.5, 0.6) is 0 Å². The van der Waals surface area contributed by atoms with E-state index in [2.05, 4.69) is 46.4 Å². The van der Waals surface area contributed by atoms with E-state index < -0.39 is 0 Å². The summed E-state index contributed by atoms with van der Waals surface area (Å²) in [6.07, 6.45) is 0. The lowest BCUT2D eigenvalue weighted by atomic mass is 10.1. The third-order valence-corrected chi connectivity index (χ3v) is 3.89. The first-order chi connectivity index (χ1) is 9.06. The lowest BCUT2D eigenvalue weighted by Crippen LogP contribution is -2.18. The summed E-state index contributed by atoms with van der Waals surface area (Å²) in [6, 6.07) is 13.1. The Morgan fingerprint density at radius 3 is 2.68 bits per heavy atom. The lowest BCUT2D eigenvalue weighted by Gasteiger charge is -2.15. The molecule has 0 radical (unpaired) electrons. The standard InChI is InChI=1S/C16H17BrFN/c1-11-6-7-14(16(17)8-11)10-19-12(2)13-4-3-5-15(18)9-13/h3-9,12,19H,10H2,1-2H3. The molecule has 0 aromatic heterocycles. The van der Waals surface area contributed by atoms with Crippen LogP contribution in [0.4, 0.5) is 4.39 Å². The third kappa shape index (κ3) is 3.88. The smallest absolute Gasteiger partial charge is 0.123 e. The third-order valence-electron chi connectivity index (χ3n) is 3.16. The van der Waals surface area contributed by atoms with Gasteiger partial charge in [-0.3, -0.25) is 0 Å². The van der Waals surface area contributed by atoms with Crippen LogP contribution >= 0.6 is 15.9 Å². The largest absolute Gasteiger partial charge is 0.306 e. The zero-order chi connectivity index (χ0) is 13.8. The zero-order valence-electron chi connectivity index (χ0n) is 11.1. The van der Waals surface area contributed by atoms with Crippen molar-refractivity contribution in [2.45, 2.75) is 26.4 Å². The van der Waals surface area contributed by atoms with Crippen molar-refractivity contribution < 1.29 is 4.39 Å². The summed E-state index contributed by atoms with van der Waals surface area (Å²) in [4.78, 5) is 0. The molecule has 0 fully saturated rings. The monoisotopic (exact) mass is 321 g/mol. The van der Waals surface area contributed by atoms with E-state index in [0.717, 1.165) is 16.6 Å². The van der Waals surface area contributed by atoms with Crippen molar-refractivity contribution in [1.82, 2.24) is 5.32 Å². The molecule has 2 aromatic rings. The van der Waals surface area contributed by atoms with E-state index in [-0.39, 0.29) is 11.9 Å². The Morgan fingerprint density at radius 2 is 2.00 bits per heavy atom. The van der Waals surface area contributed by atoms with E-state index in [0.29, 0.717) is 0 Å². The van der Waals surface area contributed by atoms with E-state index in [1.54, 1.807) is 12.1 Å². The van der Waals surface area contributed by atoms with Crippen LogP contribution in [0.15, 0.2) is 46.9 Å². The quantitative estimate of drug-likeness (QED) is 0.857. The van der Waals surface area contributed by atoms with Crippen molar-refractivity contribution in [1.29, 1.82) is 0 Å². The van der Waals surface area contributed by atoms with Crippen molar-refractivity contribution in [2.75, 3.05) is 0 Å². The van der Waals surface area contributed by atoms with Gasteiger partial charge in [0, 0.05) is 17.1 Å². The predicted molar refractivity (Wildman–Crippen MR) is 80.5 cm³/mol. The molecular weight excluding hydrogens is 305 g/mol. The van der Waals surface area contributed by atoms with Crippen molar-refractivity contribution >= 4 is 15.9 Å². The molecule has 0 amide bonds. The molecule has 0 spiro atoms. The summed E-state index contributed by atoms with van der Waals surface area (Å²) in [5.74, 6) is -0.192. The SMILES string of the molecule is Cc1ccc(CNC(C)c2cccc(F)c2)c(Br)c1. The molecule has 2 rings (SSSR count). The summed E-state index contributed by atoms with van der Waals surface area (Å²) in [5.41, 5.74) is 3.39. The molecular formula is C16H17BrFN. The van der Waals surface area contributed by atoms with E-state index in [1.165, 1.54) is 17.2 Å². The van der Waals surface area contributed by atoms with Gasteiger partial charge in [-0.05, 0) is 48.7 Å². The molecule has 0 aliphatic rings. The van der Waals surface area contributed by atoms with Gasteiger partial charge in [-0.25, -0.2) is 4.39 Å². The Hall–Kier alpha value is -1.19. The van der Waals surface area contributed by atoms with Gasteiger partial charge in [-0.2, -0.15) is 0 Å². The number of hydrogen-bond acceptors (Lipinski definition) is 1. The van der Waals surface area contributed by atoms with Gasteiger partial charge >= 0.3 is 0 Å². The molecule has 1 atom stereocenters. The van der Waals surface area contributed by atoms with Gasteiger partial charge in [0.05, 0.1) is 0 Å². The Kier molecular flexibility index (Phi) is 4.72. The summed E-state index contributed by atoms with van der Waals surface area (Å²) < 4.78 is 14.3. The van der Waals surface area contributed by atoms with Gasteiger partial charge in [0.1, 0.15) is 5.82 Å². The maximum atomic E-state index is 13.2. The van der Waals surface area contributed by atoms with Crippen LogP contribution in [0.1, 0.15) is 29.7 Å². The van der Waals surface area contributed by atoms with E-state index in [9.17, 15) is 4.39 Å². The predicted octanol–water partition coefficient (Wildman–Crippen LogP) is 4.75. The van der Waals surface area contributed by atoms with Crippen molar-refractivity contribution in [2.24, 2.45) is 0 Å². The maximum Gasteiger partial charge on any atom is 0.123 e. The molecule has 0 saturated carbocycles. The van der Waals surface area contributed by atoms with Crippen LogP contribution in [0.2, 0.25) is 0 Å². The highest BCUT2D eigenvalue weighted by molar-refractivity contribution is 9.10. The van der Waals surface area contributed by atoms with Crippen molar-refractivity contribution in [3.05, 3.63) is 69.4 Å². The van der Waals surface area contributed by atoms with Crippen LogP contribution in [0.3, 0.4) is 0 Å². The summed E-state index contributed by atoms with van der Waals surface area (Å²) in [7, 11) is 0. The minimum atomic E-state index is -0.192. The topological polar surface area (TPSA) is 12.0 Å². The van der Waals surface area contributed by atoms with Gasteiger partial charge in [0.25, 0.3) is 0 Å². The fourth-order valence-corrected chi connectivity index (χ4v) is 2.59. The number of halogens is 2. The number of nitrogens with one attached hydrogen (secondary N) is 1. The van der Waals surface area contributed by atoms with E-state index in [1.807, 2.05) is 13.0 Å². The van der Waals surface area contributed by atoms with Gasteiger partial charge in [-0.15, -0.1) is 0 Å². The molecule has 1 N–H and O–H groups in total. The average Bonchev–Trinajstić information content (AvgIpc) is 2.37. The first-order valence-corrected chi connectivity index (χ1v) is 7.09. The molecule has 19 heavy (non-hydrogen) atoms. The van der Waals surface area contributed by atoms with Gasteiger partial charge in [-0.1, -0.05) is 40.2 Å². The average molecular weight is 322 g/mol. The van der Waals surface area contributed by atoms with Crippen LogP contribution in [-0.2, 0) is 6.54 Å². The van der Waals surface area contributed by atoms with Crippen LogP contribution in [0.25, 0.3) is 0 Å². The number of aryl methyl sites for hydroxylation is 1. The minimum absolute atomic E-state index is 0.115. The molecule has 0 aliphatic heterocycles. The molecule has 0 bridgehead atoms. The van der Waals surface area contributed by atoms with Crippen LogP contribution in [-0.4, -0.2) is 0 Å². The maximum absolute atomic E-state index is 13.2. The molecule has 100 valence electrons. The highest BCUT2D eigenvalue weighted by Crippen LogP contribution is 2.20. The summed E-state index contributed by atoms with van der Waals surface area (Å²) in [5, 5.41) is 3.41. The second-order valence-corrected chi connectivity index (χ2v) is 5.61. The first kappa shape index (κ1) is 14.2. The van der Waals surface area contributed by atoms with Gasteiger partial charge in [0.15, 0.2) is 0 Å². The molecule has 0 heterocycles. The second-order valence-electron chi connectivity index (χ2n) is 4.75. The summed E-state index contributed by atoms with van der Waals surface area (Å²) in [6.45, 7) is 4.85. The summed E-state index contributed by atoms with van der Waals surface area (Å²) >= 11 is 3.57. The van der Waals surface area contributed by atoms with Crippen LogP contribution < -0.4 is 5.32 Å². The van der Waals surface area contributed by atoms with Crippen molar-refractivity contribution in [3.8, 4) is 0 Å². The molecule has 3 heteroatoms. The lowest BCUT2D eigenvalue weighted by molar-refractivity contribution is 0.564. The molecule has 1 nitrogen and oxygen atoms in total. The normalized spacial score (nSPS) is 12.4. The second kappa shape index (κ2) is 6.31. The Bertz CT molecular complexity index is 568. The number of rotatable bonds is 4. The highest BCUT2D eigenvalue weighted by atomic mass is 79.9. The zero-order valence-corrected chi connectivity index (χ0v) is 12.7. The Labute approximate surface area is 122 Å². The first-order valence-electron chi connectivity index (χ1n) is 6.30. The van der Waals surface area contributed by atoms with E-state index in [4.69, 9.17) is 0 Å². The highest BCUT2D eigenvalue weighted by Gasteiger charge is 2.07. The Balaban J connectivity index is 2.02. The number of benzene rings is 2. The molecule has 0 aliphatic carbocycles. The molecule has 0 saturated heterocycles. The minimum Gasteiger partial charge on any atom is -0.306 e. The number of hydrogen-bond donors (Lipinski definition) is 1. The fraction of sp³-hybridized carbons (Fsp3) is 0.250. The van der Waals surface area contributed by atoms with Gasteiger partial charge in [0.2, 0.25) is 0 Å². The van der Waals surface area contributed by atoms with Crippen molar-refractivity contribution in [3.63, 3.8) is 0 Å². The van der Waals surface area contributed by atoms with Gasteiger partial charge < -0.3 is 5.32 Å².